The first-order chi connectivity index (χ1) is 12.6. The summed E-state index contributed by atoms with van der Waals surface area (Å²) in [4.78, 5) is 25.6. The van der Waals surface area contributed by atoms with Gasteiger partial charge in [-0.05, 0) is 42.5 Å². The van der Waals surface area contributed by atoms with Crippen LogP contribution in [0, 0.1) is 0 Å². The Labute approximate surface area is 156 Å². The van der Waals surface area contributed by atoms with Crippen molar-refractivity contribution in [1.29, 1.82) is 0 Å². The van der Waals surface area contributed by atoms with Crippen molar-refractivity contribution in [2.75, 3.05) is 5.32 Å². The molecule has 0 aliphatic rings. The van der Waals surface area contributed by atoms with Crippen LogP contribution < -0.4 is 10.6 Å². The molecule has 3 aromatic rings. The van der Waals surface area contributed by atoms with E-state index in [1.165, 1.54) is 16.9 Å². The summed E-state index contributed by atoms with van der Waals surface area (Å²) in [6, 6.07) is 20.6. The Bertz CT molecular complexity index is 876. The number of nitrogens with one attached hydrogen (secondary N) is 2. The van der Waals surface area contributed by atoms with Gasteiger partial charge in [0.2, 0.25) is 0 Å². The highest BCUT2D eigenvalue weighted by Gasteiger charge is 2.16. The highest BCUT2D eigenvalue weighted by molar-refractivity contribution is 7.12. The van der Waals surface area contributed by atoms with E-state index in [1.54, 1.807) is 30.3 Å². The Balaban J connectivity index is 1.68. The summed E-state index contributed by atoms with van der Waals surface area (Å²) < 4.78 is 0. The van der Waals surface area contributed by atoms with Crippen LogP contribution >= 0.6 is 11.3 Å². The van der Waals surface area contributed by atoms with E-state index < -0.39 is 0 Å². The molecule has 26 heavy (non-hydrogen) atoms. The standard InChI is InChI=1S/C21H20N2O2S/c1-15(14-16-8-3-2-4-9-16)22-20(24)17-10-5-6-11-18(17)23-21(25)19-12-7-13-26-19/h2-13,15H,14H2,1H3,(H,22,24)(H,23,25). The van der Waals surface area contributed by atoms with Gasteiger partial charge in [-0.15, -0.1) is 11.3 Å². The highest BCUT2D eigenvalue weighted by atomic mass is 32.1. The molecule has 2 N–H and O–H groups in total. The van der Waals surface area contributed by atoms with Gasteiger partial charge in [-0.3, -0.25) is 9.59 Å². The summed E-state index contributed by atoms with van der Waals surface area (Å²) >= 11 is 1.36. The highest BCUT2D eigenvalue weighted by Crippen LogP contribution is 2.18. The van der Waals surface area contributed by atoms with Gasteiger partial charge in [0.15, 0.2) is 0 Å². The number of benzene rings is 2. The zero-order chi connectivity index (χ0) is 18.4. The number of carbonyl (C=O) groups is 2. The molecule has 0 bridgehead atoms. The average molecular weight is 364 g/mol. The van der Waals surface area contributed by atoms with Crippen LogP contribution in [0.3, 0.4) is 0 Å². The largest absolute Gasteiger partial charge is 0.349 e. The number of hydrogen-bond acceptors (Lipinski definition) is 3. The number of thiophene rings is 1. The van der Waals surface area contributed by atoms with E-state index >= 15 is 0 Å². The van der Waals surface area contributed by atoms with Gasteiger partial charge in [0.05, 0.1) is 16.1 Å². The molecule has 132 valence electrons. The van der Waals surface area contributed by atoms with Crippen LogP contribution in [0.4, 0.5) is 5.69 Å². The smallest absolute Gasteiger partial charge is 0.265 e. The van der Waals surface area contributed by atoms with Gasteiger partial charge in [0, 0.05) is 6.04 Å². The van der Waals surface area contributed by atoms with Gasteiger partial charge < -0.3 is 10.6 Å². The summed E-state index contributed by atoms with van der Waals surface area (Å²) in [5, 5.41) is 7.68. The Morgan fingerprint density at radius 2 is 1.65 bits per heavy atom. The lowest BCUT2D eigenvalue weighted by atomic mass is 10.1. The molecule has 1 unspecified atom stereocenters. The number of hydrogen-bond donors (Lipinski definition) is 2. The molecular weight excluding hydrogens is 344 g/mol. The first kappa shape index (κ1) is 17.9. The normalized spacial score (nSPS) is 11.6. The fraction of sp³-hybridized carbons (Fsp3) is 0.143. The van der Waals surface area contributed by atoms with Crippen molar-refractivity contribution in [3.63, 3.8) is 0 Å². The molecule has 5 heteroatoms. The van der Waals surface area contributed by atoms with E-state index in [4.69, 9.17) is 0 Å². The van der Waals surface area contributed by atoms with Crippen molar-refractivity contribution in [1.82, 2.24) is 5.32 Å². The van der Waals surface area contributed by atoms with Gasteiger partial charge in [0.1, 0.15) is 0 Å². The molecule has 0 saturated heterocycles. The molecule has 0 aliphatic carbocycles. The number of amides is 2. The van der Waals surface area contributed by atoms with Crippen LogP contribution in [0.5, 0.6) is 0 Å². The van der Waals surface area contributed by atoms with Crippen molar-refractivity contribution < 1.29 is 9.59 Å². The van der Waals surface area contributed by atoms with E-state index in [2.05, 4.69) is 10.6 Å². The minimum absolute atomic E-state index is 0.0223. The molecule has 0 fully saturated rings. The molecule has 2 aromatic carbocycles. The predicted molar refractivity (Wildman–Crippen MR) is 106 cm³/mol. The number of carbonyl (C=O) groups excluding carboxylic acids is 2. The minimum Gasteiger partial charge on any atom is -0.349 e. The summed E-state index contributed by atoms with van der Waals surface area (Å²) in [5.74, 6) is -0.409. The van der Waals surface area contributed by atoms with Crippen molar-refractivity contribution >= 4 is 28.8 Å². The Morgan fingerprint density at radius 3 is 2.38 bits per heavy atom. The fourth-order valence-corrected chi connectivity index (χ4v) is 3.32. The van der Waals surface area contributed by atoms with Crippen molar-refractivity contribution in [2.45, 2.75) is 19.4 Å². The van der Waals surface area contributed by atoms with Gasteiger partial charge in [-0.1, -0.05) is 48.5 Å². The molecule has 1 aromatic heterocycles. The molecule has 1 atom stereocenters. The topological polar surface area (TPSA) is 58.2 Å². The Kier molecular flexibility index (Phi) is 5.81. The Hall–Kier alpha value is -2.92. The third-order valence-electron chi connectivity index (χ3n) is 3.93. The van der Waals surface area contributed by atoms with Gasteiger partial charge in [-0.2, -0.15) is 0 Å². The summed E-state index contributed by atoms with van der Waals surface area (Å²) in [5.41, 5.74) is 2.13. The van der Waals surface area contributed by atoms with Gasteiger partial charge in [-0.25, -0.2) is 0 Å². The van der Waals surface area contributed by atoms with Crippen LogP contribution in [0.25, 0.3) is 0 Å². The summed E-state index contributed by atoms with van der Waals surface area (Å²) in [7, 11) is 0. The summed E-state index contributed by atoms with van der Waals surface area (Å²) in [6.07, 6.45) is 0.746. The fourth-order valence-electron chi connectivity index (χ4n) is 2.70. The van der Waals surface area contributed by atoms with E-state index in [0.29, 0.717) is 16.1 Å². The Morgan fingerprint density at radius 1 is 0.923 bits per heavy atom. The van der Waals surface area contributed by atoms with E-state index in [-0.39, 0.29) is 17.9 Å². The van der Waals surface area contributed by atoms with Crippen LogP contribution in [-0.2, 0) is 6.42 Å². The van der Waals surface area contributed by atoms with Crippen LogP contribution in [-0.4, -0.2) is 17.9 Å². The predicted octanol–water partition coefficient (Wildman–Crippen LogP) is 4.36. The van der Waals surface area contributed by atoms with Crippen LogP contribution in [0.1, 0.15) is 32.5 Å². The molecule has 0 aliphatic heterocycles. The third-order valence-corrected chi connectivity index (χ3v) is 4.80. The molecule has 0 saturated carbocycles. The lowest BCUT2D eigenvalue weighted by Gasteiger charge is -2.16. The van der Waals surface area contributed by atoms with Crippen molar-refractivity contribution in [2.24, 2.45) is 0 Å². The maximum Gasteiger partial charge on any atom is 0.265 e. The quantitative estimate of drug-likeness (QED) is 0.683. The molecular formula is C21H20N2O2S. The number of rotatable bonds is 6. The van der Waals surface area contributed by atoms with E-state index in [9.17, 15) is 9.59 Å². The van der Waals surface area contributed by atoms with Crippen molar-refractivity contribution in [3.8, 4) is 0 Å². The van der Waals surface area contributed by atoms with E-state index in [0.717, 1.165) is 6.42 Å². The van der Waals surface area contributed by atoms with Crippen molar-refractivity contribution in [3.05, 3.63) is 88.1 Å². The molecule has 2 amide bonds. The second-order valence-electron chi connectivity index (χ2n) is 6.04. The lowest BCUT2D eigenvalue weighted by molar-refractivity contribution is 0.0941. The van der Waals surface area contributed by atoms with Gasteiger partial charge >= 0.3 is 0 Å². The second-order valence-corrected chi connectivity index (χ2v) is 6.99. The SMILES string of the molecule is CC(Cc1ccccc1)NC(=O)c1ccccc1NC(=O)c1cccs1. The first-order valence-electron chi connectivity index (χ1n) is 8.42. The zero-order valence-electron chi connectivity index (χ0n) is 14.4. The summed E-state index contributed by atoms with van der Waals surface area (Å²) in [6.45, 7) is 1.97. The molecule has 0 spiro atoms. The third kappa shape index (κ3) is 4.58. The van der Waals surface area contributed by atoms with E-state index in [1.807, 2.05) is 48.7 Å². The average Bonchev–Trinajstić information content (AvgIpc) is 3.17. The van der Waals surface area contributed by atoms with Crippen LogP contribution in [0.2, 0.25) is 0 Å². The lowest BCUT2D eigenvalue weighted by Crippen LogP contribution is -2.34. The number of para-hydroxylation sites is 1. The molecule has 1 heterocycles. The first-order valence-corrected chi connectivity index (χ1v) is 9.30. The van der Waals surface area contributed by atoms with Crippen LogP contribution in [0.15, 0.2) is 72.1 Å². The monoisotopic (exact) mass is 364 g/mol. The second kappa shape index (κ2) is 8.45. The number of anilines is 1. The van der Waals surface area contributed by atoms with Gasteiger partial charge in [0.25, 0.3) is 11.8 Å². The maximum absolute atomic E-state index is 12.7. The molecule has 4 nitrogen and oxygen atoms in total. The molecule has 0 radical (unpaired) electrons. The maximum atomic E-state index is 12.7. The minimum atomic E-state index is -0.211. The zero-order valence-corrected chi connectivity index (χ0v) is 15.3. The molecule has 3 rings (SSSR count).